The second-order valence-electron chi connectivity index (χ2n) is 7.08. The maximum absolute atomic E-state index is 15.0. The number of aryl methyl sites for hydroxylation is 2. The fourth-order valence-electron chi connectivity index (χ4n) is 3.41. The number of rotatable bonds is 7. The second kappa shape index (κ2) is 8.87. The molecule has 150 valence electrons. The van der Waals surface area contributed by atoms with E-state index in [0.717, 1.165) is 22.2 Å². The fraction of sp³-hybridized carbons (Fsp3) is 0.115. The quantitative estimate of drug-likeness (QED) is 0.329. The predicted molar refractivity (Wildman–Crippen MR) is 117 cm³/mol. The van der Waals surface area contributed by atoms with E-state index in [1.165, 1.54) is 12.1 Å². The van der Waals surface area contributed by atoms with Crippen LogP contribution in [-0.2, 0) is 12.8 Å². The smallest absolute Gasteiger partial charge is 0.138 e. The minimum Gasteiger partial charge on any atom is -0.488 e. The third kappa shape index (κ3) is 4.38. The van der Waals surface area contributed by atoms with Gasteiger partial charge in [0, 0.05) is 10.9 Å². The Morgan fingerprint density at radius 2 is 1.73 bits per heavy atom. The lowest BCUT2D eigenvalue weighted by molar-refractivity contribution is 0.362. The Morgan fingerprint density at radius 3 is 2.47 bits per heavy atom. The fourth-order valence-corrected chi connectivity index (χ4v) is 3.41. The maximum atomic E-state index is 15.0. The predicted octanol–water partition coefficient (Wildman–Crippen LogP) is 6.53. The van der Waals surface area contributed by atoms with Crippen LogP contribution in [0.25, 0.3) is 22.0 Å². The first-order valence-electron chi connectivity index (χ1n) is 9.80. The second-order valence-corrected chi connectivity index (χ2v) is 7.08. The van der Waals surface area contributed by atoms with E-state index >= 15 is 4.39 Å². The van der Waals surface area contributed by atoms with Gasteiger partial charge in [-0.1, -0.05) is 49.1 Å². The van der Waals surface area contributed by atoms with Gasteiger partial charge >= 0.3 is 0 Å². The molecule has 4 heteroatoms. The van der Waals surface area contributed by atoms with Crippen molar-refractivity contribution in [1.82, 2.24) is 4.98 Å². The molecule has 0 N–H and O–H groups in total. The van der Waals surface area contributed by atoms with Crippen LogP contribution in [0, 0.1) is 11.6 Å². The number of hydrogen-bond acceptors (Lipinski definition) is 2. The molecule has 0 aliphatic rings. The summed E-state index contributed by atoms with van der Waals surface area (Å²) in [6, 6.07) is 19.4. The highest BCUT2D eigenvalue weighted by Crippen LogP contribution is 2.28. The number of aromatic nitrogens is 1. The maximum Gasteiger partial charge on any atom is 0.138 e. The van der Waals surface area contributed by atoms with E-state index in [2.05, 4.69) is 11.6 Å². The molecule has 1 aromatic heterocycles. The van der Waals surface area contributed by atoms with Gasteiger partial charge < -0.3 is 4.74 Å². The molecule has 0 aliphatic heterocycles. The minimum atomic E-state index is -0.264. The molecule has 0 atom stereocenters. The zero-order valence-corrected chi connectivity index (χ0v) is 16.4. The third-order valence-electron chi connectivity index (χ3n) is 5.03. The molecule has 30 heavy (non-hydrogen) atoms. The first-order valence-corrected chi connectivity index (χ1v) is 9.80. The minimum absolute atomic E-state index is 0.206. The first kappa shape index (κ1) is 19.8. The zero-order chi connectivity index (χ0) is 20.9. The molecular formula is C26H21F2NO. The van der Waals surface area contributed by atoms with Crippen molar-refractivity contribution in [3.63, 3.8) is 0 Å². The van der Waals surface area contributed by atoms with Crippen molar-refractivity contribution in [3.8, 4) is 17.0 Å². The Kier molecular flexibility index (Phi) is 5.84. The lowest BCUT2D eigenvalue weighted by Crippen LogP contribution is -1.96. The summed E-state index contributed by atoms with van der Waals surface area (Å²) in [6.45, 7) is 4.05. The summed E-state index contributed by atoms with van der Waals surface area (Å²) >= 11 is 0. The van der Waals surface area contributed by atoms with E-state index in [4.69, 9.17) is 4.74 Å². The van der Waals surface area contributed by atoms with Crippen LogP contribution in [0.4, 0.5) is 8.78 Å². The molecule has 0 saturated heterocycles. The Bertz CT molecular complexity index is 1170. The molecule has 4 aromatic rings. The summed E-state index contributed by atoms with van der Waals surface area (Å²) in [5, 5.41) is 1.41. The normalized spacial score (nSPS) is 10.9. The first-order chi connectivity index (χ1) is 14.6. The van der Waals surface area contributed by atoms with Gasteiger partial charge in [-0.15, -0.1) is 0 Å². The van der Waals surface area contributed by atoms with E-state index in [1.54, 1.807) is 30.5 Å². The van der Waals surface area contributed by atoms with Crippen molar-refractivity contribution in [2.75, 3.05) is 6.61 Å². The number of hydrogen-bond donors (Lipinski definition) is 0. The standard InChI is InChI=1S/C26H21F2NO/c1-2-15-30-23-12-14-25(29-17-23)21-9-13-24-20(16-21)8-7-19(26(24)28)6-3-18-4-10-22(27)11-5-18/h2,4-5,7-14,16-17H,1,3,6,15H2. The van der Waals surface area contributed by atoms with Crippen LogP contribution in [0.1, 0.15) is 11.1 Å². The molecule has 1 heterocycles. The number of pyridine rings is 1. The summed E-state index contributed by atoms with van der Waals surface area (Å²) in [4.78, 5) is 4.44. The number of halogens is 2. The topological polar surface area (TPSA) is 22.1 Å². The zero-order valence-electron chi connectivity index (χ0n) is 16.4. The highest BCUT2D eigenvalue weighted by atomic mass is 19.1. The van der Waals surface area contributed by atoms with Crippen LogP contribution in [0.2, 0.25) is 0 Å². The molecule has 0 bridgehead atoms. The highest BCUT2D eigenvalue weighted by molar-refractivity contribution is 5.88. The van der Waals surface area contributed by atoms with Crippen LogP contribution in [-0.4, -0.2) is 11.6 Å². The van der Waals surface area contributed by atoms with Crippen LogP contribution in [0.3, 0.4) is 0 Å². The van der Waals surface area contributed by atoms with E-state index < -0.39 is 0 Å². The van der Waals surface area contributed by atoms with E-state index in [-0.39, 0.29) is 11.6 Å². The summed E-state index contributed by atoms with van der Waals surface area (Å²) in [5.41, 5.74) is 3.35. The molecule has 0 aliphatic carbocycles. The van der Waals surface area contributed by atoms with Crippen molar-refractivity contribution in [1.29, 1.82) is 0 Å². The van der Waals surface area contributed by atoms with Gasteiger partial charge in [0.15, 0.2) is 0 Å². The third-order valence-corrected chi connectivity index (χ3v) is 5.03. The van der Waals surface area contributed by atoms with Gasteiger partial charge in [-0.3, -0.25) is 4.98 Å². The van der Waals surface area contributed by atoms with Crippen LogP contribution >= 0.6 is 0 Å². The largest absolute Gasteiger partial charge is 0.488 e. The van der Waals surface area contributed by atoms with Crippen LogP contribution in [0.15, 0.2) is 85.6 Å². The molecule has 0 unspecified atom stereocenters. The SMILES string of the molecule is C=CCOc1ccc(-c2ccc3c(F)c(CCc4ccc(F)cc4)ccc3c2)nc1. The molecule has 0 amide bonds. The molecular weight excluding hydrogens is 380 g/mol. The molecule has 0 spiro atoms. The molecule has 0 fully saturated rings. The van der Waals surface area contributed by atoms with Crippen molar-refractivity contribution >= 4 is 10.8 Å². The Balaban J connectivity index is 1.54. The van der Waals surface area contributed by atoms with Gasteiger partial charge in [0.25, 0.3) is 0 Å². The number of ether oxygens (including phenoxy) is 1. The molecule has 4 rings (SSSR count). The lowest BCUT2D eigenvalue weighted by Gasteiger charge is -2.09. The van der Waals surface area contributed by atoms with Gasteiger partial charge in [0.2, 0.25) is 0 Å². The van der Waals surface area contributed by atoms with Gasteiger partial charge in [-0.2, -0.15) is 0 Å². The summed E-state index contributed by atoms with van der Waals surface area (Å²) < 4.78 is 33.5. The number of nitrogens with zero attached hydrogens (tertiary/aromatic N) is 1. The summed E-state index contributed by atoms with van der Waals surface area (Å²) in [5.74, 6) is 0.207. The Labute approximate surface area is 174 Å². The van der Waals surface area contributed by atoms with Gasteiger partial charge in [-0.25, -0.2) is 8.78 Å². The van der Waals surface area contributed by atoms with E-state index in [1.807, 2.05) is 36.4 Å². The molecule has 3 aromatic carbocycles. The molecule has 0 radical (unpaired) electrons. The van der Waals surface area contributed by atoms with Crippen molar-refractivity contribution in [3.05, 3.63) is 108 Å². The van der Waals surface area contributed by atoms with Crippen molar-refractivity contribution < 1.29 is 13.5 Å². The average Bonchev–Trinajstić information content (AvgIpc) is 2.78. The van der Waals surface area contributed by atoms with Crippen LogP contribution < -0.4 is 4.74 Å². The summed E-state index contributed by atoms with van der Waals surface area (Å²) in [7, 11) is 0. The monoisotopic (exact) mass is 401 g/mol. The van der Waals surface area contributed by atoms with Crippen molar-refractivity contribution in [2.45, 2.75) is 12.8 Å². The molecule has 0 saturated carbocycles. The number of benzene rings is 3. The lowest BCUT2D eigenvalue weighted by atomic mass is 9.98. The van der Waals surface area contributed by atoms with E-state index in [9.17, 15) is 4.39 Å². The summed E-state index contributed by atoms with van der Waals surface area (Å²) in [6.07, 6.45) is 4.57. The Hall–Kier alpha value is -3.53. The Morgan fingerprint density at radius 1 is 0.900 bits per heavy atom. The highest BCUT2D eigenvalue weighted by Gasteiger charge is 2.10. The van der Waals surface area contributed by atoms with E-state index in [0.29, 0.717) is 36.1 Å². The van der Waals surface area contributed by atoms with Gasteiger partial charge in [-0.05, 0) is 59.7 Å². The van der Waals surface area contributed by atoms with Gasteiger partial charge in [0.1, 0.15) is 24.0 Å². The molecule has 2 nitrogen and oxygen atoms in total. The number of fused-ring (bicyclic) bond motifs is 1. The van der Waals surface area contributed by atoms with Gasteiger partial charge in [0.05, 0.1) is 11.9 Å². The van der Waals surface area contributed by atoms with Crippen LogP contribution in [0.5, 0.6) is 5.75 Å². The van der Waals surface area contributed by atoms with Crippen molar-refractivity contribution in [2.24, 2.45) is 0 Å². The average molecular weight is 401 g/mol.